The summed E-state index contributed by atoms with van der Waals surface area (Å²) < 4.78 is 41.4. The van der Waals surface area contributed by atoms with Crippen LogP contribution in [0.1, 0.15) is 11.1 Å². The van der Waals surface area contributed by atoms with Gasteiger partial charge in [0.25, 0.3) is 0 Å². The van der Waals surface area contributed by atoms with Gasteiger partial charge in [0.1, 0.15) is 0 Å². The van der Waals surface area contributed by atoms with Crippen molar-refractivity contribution >= 4 is 0 Å². The number of ether oxygens (including phenoxy) is 1. The van der Waals surface area contributed by atoms with Gasteiger partial charge in [0.05, 0.1) is 12.7 Å². The van der Waals surface area contributed by atoms with E-state index in [1.807, 2.05) is 0 Å². The van der Waals surface area contributed by atoms with Crippen molar-refractivity contribution in [2.45, 2.75) is 13.1 Å². The van der Waals surface area contributed by atoms with Crippen molar-refractivity contribution in [2.24, 2.45) is 0 Å². The van der Waals surface area contributed by atoms with Crippen molar-refractivity contribution in [1.82, 2.24) is 4.98 Å². The third-order valence-electron chi connectivity index (χ3n) is 1.59. The molecular weight excluding hydrogens is 183 g/mol. The second-order valence-electron chi connectivity index (χ2n) is 2.54. The molecule has 0 bridgehead atoms. The van der Waals surface area contributed by atoms with E-state index in [0.717, 1.165) is 12.3 Å². The number of halogens is 3. The number of alkyl halides is 3. The highest BCUT2D eigenvalue weighted by molar-refractivity contribution is 5.30. The minimum absolute atomic E-state index is 0.0297. The lowest BCUT2D eigenvalue weighted by Crippen LogP contribution is -2.08. The Morgan fingerprint density at radius 1 is 1.38 bits per heavy atom. The second kappa shape index (κ2) is 3.24. The van der Waals surface area contributed by atoms with Crippen molar-refractivity contribution < 1.29 is 17.9 Å². The predicted molar refractivity (Wildman–Crippen MR) is 40.5 cm³/mol. The maximum absolute atomic E-state index is 12.3. The summed E-state index contributed by atoms with van der Waals surface area (Å²) in [4.78, 5) is 3.65. The first-order valence-electron chi connectivity index (χ1n) is 3.53. The van der Waals surface area contributed by atoms with Crippen LogP contribution in [0.2, 0.25) is 0 Å². The van der Waals surface area contributed by atoms with Crippen molar-refractivity contribution in [1.29, 1.82) is 0 Å². The Labute approximate surface area is 73.4 Å². The van der Waals surface area contributed by atoms with Gasteiger partial charge in [-0.25, -0.2) is 4.98 Å². The molecule has 72 valence electrons. The molecule has 1 aromatic rings. The molecule has 0 atom stereocenters. The Balaban J connectivity index is 3.19. The molecule has 0 fully saturated rings. The number of hydrogen-bond donors (Lipinski definition) is 0. The molecule has 0 aliphatic rings. The molecule has 0 aromatic carbocycles. The van der Waals surface area contributed by atoms with Crippen LogP contribution in [-0.2, 0) is 6.18 Å². The van der Waals surface area contributed by atoms with E-state index in [-0.39, 0.29) is 11.4 Å². The molecule has 0 saturated carbocycles. The van der Waals surface area contributed by atoms with Crippen molar-refractivity contribution in [2.75, 3.05) is 7.11 Å². The van der Waals surface area contributed by atoms with Crippen molar-refractivity contribution in [3.8, 4) is 5.88 Å². The topological polar surface area (TPSA) is 22.1 Å². The normalized spacial score (nSPS) is 11.5. The molecule has 0 aliphatic carbocycles. The minimum Gasteiger partial charge on any atom is -0.481 e. The average Bonchev–Trinajstić information content (AvgIpc) is 2.03. The monoisotopic (exact) mass is 191 g/mol. The second-order valence-corrected chi connectivity index (χ2v) is 2.54. The van der Waals surface area contributed by atoms with Crippen LogP contribution in [0, 0.1) is 6.92 Å². The first-order valence-corrected chi connectivity index (χ1v) is 3.53. The summed E-state index contributed by atoms with van der Waals surface area (Å²) in [5, 5.41) is 0. The van der Waals surface area contributed by atoms with E-state index in [2.05, 4.69) is 9.72 Å². The molecule has 2 nitrogen and oxygen atoms in total. The molecule has 0 radical (unpaired) electrons. The van der Waals surface area contributed by atoms with E-state index < -0.39 is 11.7 Å². The van der Waals surface area contributed by atoms with Crippen LogP contribution in [-0.4, -0.2) is 12.1 Å². The molecule has 0 saturated heterocycles. The Hall–Kier alpha value is -1.26. The number of aromatic nitrogens is 1. The summed E-state index contributed by atoms with van der Waals surface area (Å²) in [5.41, 5.74) is -0.618. The Morgan fingerprint density at radius 3 is 2.46 bits per heavy atom. The molecule has 1 heterocycles. The average molecular weight is 191 g/mol. The van der Waals surface area contributed by atoms with E-state index in [9.17, 15) is 13.2 Å². The highest BCUT2D eigenvalue weighted by Crippen LogP contribution is 2.32. The Kier molecular flexibility index (Phi) is 2.45. The number of aryl methyl sites for hydroxylation is 1. The van der Waals surface area contributed by atoms with Crippen LogP contribution >= 0.6 is 0 Å². The van der Waals surface area contributed by atoms with Crippen LogP contribution in [0.4, 0.5) is 13.2 Å². The van der Waals surface area contributed by atoms with Gasteiger partial charge in [-0.3, -0.25) is 0 Å². The fourth-order valence-electron chi connectivity index (χ4n) is 0.922. The largest absolute Gasteiger partial charge is 0.481 e. The van der Waals surface area contributed by atoms with Crippen molar-refractivity contribution in [3.05, 3.63) is 23.4 Å². The van der Waals surface area contributed by atoms with Gasteiger partial charge in [0, 0.05) is 12.3 Å². The van der Waals surface area contributed by atoms with Gasteiger partial charge in [0.15, 0.2) is 0 Å². The molecule has 13 heavy (non-hydrogen) atoms. The van der Waals surface area contributed by atoms with Crippen LogP contribution < -0.4 is 4.74 Å². The standard InChI is InChI=1S/C8H8F3NO/c1-5-4-12-7(13-2)3-6(5)8(9,10)11/h3-4H,1-2H3. The van der Waals surface area contributed by atoms with Gasteiger partial charge in [-0.2, -0.15) is 13.2 Å². The van der Waals surface area contributed by atoms with E-state index in [1.165, 1.54) is 14.0 Å². The SMILES string of the molecule is COc1cc(C(F)(F)F)c(C)cn1. The van der Waals surface area contributed by atoms with Gasteiger partial charge in [0.2, 0.25) is 5.88 Å². The summed E-state index contributed by atoms with van der Waals surface area (Å²) in [5.74, 6) is -0.0297. The molecular formula is C8H8F3NO. The lowest BCUT2D eigenvalue weighted by Gasteiger charge is -2.10. The highest BCUT2D eigenvalue weighted by Gasteiger charge is 2.32. The van der Waals surface area contributed by atoms with Crippen LogP contribution in [0.25, 0.3) is 0 Å². The van der Waals surface area contributed by atoms with E-state index in [0.29, 0.717) is 0 Å². The van der Waals surface area contributed by atoms with Crippen LogP contribution in [0.15, 0.2) is 12.3 Å². The molecule has 1 rings (SSSR count). The zero-order valence-electron chi connectivity index (χ0n) is 7.14. The number of pyridine rings is 1. The zero-order chi connectivity index (χ0) is 10.1. The fourth-order valence-corrected chi connectivity index (χ4v) is 0.922. The number of rotatable bonds is 1. The Morgan fingerprint density at radius 2 is 2.00 bits per heavy atom. The van der Waals surface area contributed by atoms with Gasteiger partial charge < -0.3 is 4.74 Å². The minimum atomic E-state index is -4.35. The smallest absolute Gasteiger partial charge is 0.416 e. The Bertz CT molecular complexity index is 309. The molecule has 0 aliphatic heterocycles. The van der Waals surface area contributed by atoms with Crippen LogP contribution in [0.3, 0.4) is 0 Å². The van der Waals surface area contributed by atoms with Gasteiger partial charge in [-0.05, 0) is 12.5 Å². The van der Waals surface area contributed by atoms with Gasteiger partial charge >= 0.3 is 6.18 Å². The highest BCUT2D eigenvalue weighted by atomic mass is 19.4. The van der Waals surface area contributed by atoms with E-state index in [4.69, 9.17) is 0 Å². The molecule has 5 heteroatoms. The molecule has 1 aromatic heterocycles. The summed E-state index contributed by atoms with van der Waals surface area (Å²) >= 11 is 0. The summed E-state index contributed by atoms with van der Waals surface area (Å²) in [6.07, 6.45) is -3.21. The number of nitrogens with zero attached hydrogens (tertiary/aromatic N) is 1. The lowest BCUT2D eigenvalue weighted by atomic mass is 10.1. The first kappa shape index (κ1) is 9.83. The van der Waals surface area contributed by atoms with Gasteiger partial charge in [-0.1, -0.05) is 0 Å². The predicted octanol–water partition coefficient (Wildman–Crippen LogP) is 2.42. The summed E-state index contributed by atoms with van der Waals surface area (Å²) in [6.45, 7) is 1.36. The fraction of sp³-hybridized carbons (Fsp3) is 0.375. The molecule has 0 unspecified atom stereocenters. The van der Waals surface area contributed by atoms with E-state index in [1.54, 1.807) is 0 Å². The number of hydrogen-bond acceptors (Lipinski definition) is 2. The van der Waals surface area contributed by atoms with Crippen molar-refractivity contribution in [3.63, 3.8) is 0 Å². The maximum Gasteiger partial charge on any atom is 0.416 e. The molecule has 0 spiro atoms. The summed E-state index contributed by atoms with van der Waals surface area (Å²) in [7, 11) is 1.28. The third-order valence-corrected chi connectivity index (χ3v) is 1.59. The third kappa shape index (κ3) is 2.11. The van der Waals surface area contributed by atoms with Crippen LogP contribution in [0.5, 0.6) is 5.88 Å². The quantitative estimate of drug-likeness (QED) is 0.680. The van der Waals surface area contributed by atoms with E-state index >= 15 is 0 Å². The van der Waals surface area contributed by atoms with Gasteiger partial charge in [-0.15, -0.1) is 0 Å². The molecule has 0 amide bonds. The summed E-state index contributed by atoms with van der Waals surface area (Å²) in [6, 6.07) is 0.884. The lowest BCUT2D eigenvalue weighted by molar-refractivity contribution is -0.138. The molecule has 0 N–H and O–H groups in total. The maximum atomic E-state index is 12.3. The first-order chi connectivity index (χ1) is 5.95. The zero-order valence-corrected chi connectivity index (χ0v) is 7.14. The number of methoxy groups -OCH3 is 1.